The van der Waals surface area contributed by atoms with Crippen LogP contribution in [0, 0.1) is 5.92 Å². The maximum Gasteiger partial charge on any atom is 0.301 e. The summed E-state index contributed by atoms with van der Waals surface area (Å²) in [6.45, 7) is 6.64. The van der Waals surface area contributed by atoms with Gasteiger partial charge in [0.2, 0.25) is 0 Å². The van der Waals surface area contributed by atoms with Gasteiger partial charge in [-0.3, -0.25) is 13.6 Å². The molecule has 1 aliphatic rings. The molecular weight excluding hydrogens is 206 g/mol. The monoisotopic (exact) mass is 223 g/mol. The molecule has 0 amide bonds. The lowest BCUT2D eigenvalue weighted by Gasteiger charge is -2.28. The fourth-order valence-corrected chi connectivity index (χ4v) is 1.80. The first-order chi connectivity index (χ1) is 6.68. The molecule has 1 rings (SSSR count). The summed E-state index contributed by atoms with van der Waals surface area (Å²) in [7, 11) is 0. The summed E-state index contributed by atoms with van der Waals surface area (Å²) in [5.74, 6) is 0.268. The molecule has 0 aromatic heterocycles. The standard InChI is InChI=1S/C8H17NO4S/c1-8(7-13-14(10)11)6-9-2-4-12-5-3-9/h8H,2-7H2,1H3,(H,10,11). The van der Waals surface area contributed by atoms with E-state index in [0.717, 1.165) is 32.8 Å². The van der Waals surface area contributed by atoms with Crippen LogP contribution in [-0.2, 0) is 20.3 Å². The summed E-state index contributed by atoms with van der Waals surface area (Å²) < 4.78 is 28.5. The first kappa shape index (κ1) is 12.1. The summed E-state index contributed by atoms with van der Waals surface area (Å²) in [5, 5.41) is 0. The molecule has 0 aliphatic carbocycles. The lowest BCUT2D eigenvalue weighted by atomic mass is 10.2. The number of morpholine rings is 1. The first-order valence-corrected chi connectivity index (χ1v) is 5.76. The molecule has 2 unspecified atom stereocenters. The highest BCUT2D eigenvalue weighted by molar-refractivity contribution is 7.74. The zero-order chi connectivity index (χ0) is 10.4. The Labute approximate surface area is 86.9 Å². The van der Waals surface area contributed by atoms with E-state index in [1.165, 1.54) is 0 Å². The SMILES string of the molecule is CC(COS(=O)O)CN1CCOCC1. The van der Waals surface area contributed by atoms with E-state index in [1.807, 2.05) is 6.92 Å². The third-order valence-corrected chi connectivity index (χ3v) is 2.46. The molecule has 6 heteroatoms. The molecular formula is C8H17NO4S. The Morgan fingerprint density at radius 2 is 2.21 bits per heavy atom. The topological polar surface area (TPSA) is 59.0 Å². The minimum absolute atomic E-state index is 0.268. The van der Waals surface area contributed by atoms with E-state index < -0.39 is 11.4 Å². The summed E-state index contributed by atoms with van der Waals surface area (Å²) in [4.78, 5) is 2.28. The lowest BCUT2D eigenvalue weighted by molar-refractivity contribution is 0.0285. The van der Waals surface area contributed by atoms with E-state index in [4.69, 9.17) is 9.29 Å². The van der Waals surface area contributed by atoms with Gasteiger partial charge in [-0.1, -0.05) is 6.92 Å². The number of ether oxygens (including phenoxy) is 1. The van der Waals surface area contributed by atoms with Crippen LogP contribution in [0.25, 0.3) is 0 Å². The number of nitrogens with zero attached hydrogens (tertiary/aromatic N) is 1. The Morgan fingerprint density at radius 1 is 1.57 bits per heavy atom. The van der Waals surface area contributed by atoms with Gasteiger partial charge in [0.05, 0.1) is 19.8 Å². The fourth-order valence-electron chi connectivity index (χ4n) is 1.45. The molecule has 14 heavy (non-hydrogen) atoms. The van der Waals surface area contributed by atoms with Gasteiger partial charge in [-0.15, -0.1) is 0 Å². The Kier molecular flexibility index (Phi) is 5.57. The minimum atomic E-state index is -2.14. The van der Waals surface area contributed by atoms with Crippen LogP contribution in [0.5, 0.6) is 0 Å². The van der Waals surface area contributed by atoms with Crippen LogP contribution < -0.4 is 0 Å². The second kappa shape index (κ2) is 6.47. The summed E-state index contributed by atoms with van der Waals surface area (Å²) in [6, 6.07) is 0. The van der Waals surface area contributed by atoms with Gasteiger partial charge in [-0.05, 0) is 5.92 Å². The highest BCUT2D eigenvalue weighted by Crippen LogP contribution is 2.04. The number of rotatable bonds is 5. The number of hydrogen-bond donors (Lipinski definition) is 1. The van der Waals surface area contributed by atoms with Gasteiger partial charge in [0.1, 0.15) is 0 Å². The Hall–Kier alpha value is -0.0100. The zero-order valence-corrected chi connectivity index (χ0v) is 9.16. The second-order valence-electron chi connectivity index (χ2n) is 3.52. The second-order valence-corrected chi connectivity index (χ2v) is 4.19. The van der Waals surface area contributed by atoms with Crippen molar-refractivity contribution in [1.82, 2.24) is 4.90 Å². The molecule has 5 nitrogen and oxygen atoms in total. The van der Waals surface area contributed by atoms with Crippen molar-refractivity contribution in [3.05, 3.63) is 0 Å². The maximum atomic E-state index is 10.3. The average Bonchev–Trinajstić information content (AvgIpc) is 2.16. The molecule has 1 heterocycles. The molecule has 1 saturated heterocycles. The predicted octanol–water partition coefficient (Wildman–Crippen LogP) is 0.108. The normalized spacial score (nSPS) is 23.3. The minimum Gasteiger partial charge on any atom is -0.379 e. The van der Waals surface area contributed by atoms with Gasteiger partial charge in [0.15, 0.2) is 0 Å². The molecule has 1 N–H and O–H groups in total. The quantitative estimate of drug-likeness (QED) is 0.670. The molecule has 0 aromatic rings. The van der Waals surface area contributed by atoms with Crippen LogP contribution in [0.1, 0.15) is 6.92 Å². The van der Waals surface area contributed by atoms with E-state index >= 15 is 0 Å². The molecule has 84 valence electrons. The van der Waals surface area contributed by atoms with Gasteiger partial charge in [-0.25, -0.2) is 0 Å². The van der Waals surface area contributed by atoms with Crippen LogP contribution in [0.4, 0.5) is 0 Å². The van der Waals surface area contributed by atoms with Crippen molar-refractivity contribution in [2.45, 2.75) is 6.92 Å². The third-order valence-electron chi connectivity index (χ3n) is 2.13. The smallest absolute Gasteiger partial charge is 0.301 e. The van der Waals surface area contributed by atoms with Crippen LogP contribution in [0.3, 0.4) is 0 Å². The summed E-state index contributed by atoms with van der Waals surface area (Å²) >= 11 is -2.14. The van der Waals surface area contributed by atoms with Crippen molar-refractivity contribution < 1.29 is 17.7 Å². The third kappa shape index (κ3) is 5.02. The highest BCUT2D eigenvalue weighted by atomic mass is 32.2. The molecule has 1 aliphatic heterocycles. The molecule has 0 bridgehead atoms. The molecule has 0 aromatic carbocycles. The van der Waals surface area contributed by atoms with Gasteiger partial charge in [0, 0.05) is 19.6 Å². The predicted molar refractivity (Wildman–Crippen MR) is 53.1 cm³/mol. The lowest BCUT2D eigenvalue weighted by Crippen LogP contribution is -2.39. The van der Waals surface area contributed by atoms with Gasteiger partial charge < -0.3 is 4.74 Å². The summed E-state index contributed by atoms with van der Waals surface area (Å²) in [5.41, 5.74) is 0. The Balaban J connectivity index is 2.11. The van der Waals surface area contributed by atoms with Crippen molar-refractivity contribution in [3.8, 4) is 0 Å². The Bertz CT molecular complexity index is 184. The van der Waals surface area contributed by atoms with Crippen LogP contribution in [-0.4, -0.2) is 53.1 Å². The Morgan fingerprint density at radius 3 is 2.79 bits per heavy atom. The van der Waals surface area contributed by atoms with Gasteiger partial charge >= 0.3 is 11.4 Å². The molecule has 0 saturated carbocycles. The fraction of sp³-hybridized carbons (Fsp3) is 1.00. The van der Waals surface area contributed by atoms with Crippen LogP contribution in [0.2, 0.25) is 0 Å². The van der Waals surface area contributed by atoms with Gasteiger partial charge in [-0.2, -0.15) is 4.21 Å². The molecule has 2 atom stereocenters. The highest BCUT2D eigenvalue weighted by Gasteiger charge is 2.14. The van der Waals surface area contributed by atoms with E-state index in [2.05, 4.69) is 9.08 Å². The van der Waals surface area contributed by atoms with E-state index in [9.17, 15) is 4.21 Å². The molecule has 1 fully saturated rings. The average molecular weight is 223 g/mol. The molecule has 0 spiro atoms. The van der Waals surface area contributed by atoms with Crippen molar-refractivity contribution in [2.75, 3.05) is 39.5 Å². The van der Waals surface area contributed by atoms with Crippen molar-refractivity contribution >= 4 is 11.4 Å². The largest absolute Gasteiger partial charge is 0.379 e. The first-order valence-electron chi connectivity index (χ1n) is 4.72. The van der Waals surface area contributed by atoms with E-state index in [0.29, 0.717) is 6.61 Å². The van der Waals surface area contributed by atoms with Crippen LogP contribution in [0.15, 0.2) is 0 Å². The zero-order valence-electron chi connectivity index (χ0n) is 8.35. The molecule has 0 radical (unpaired) electrons. The van der Waals surface area contributed by atoms with E-state index in [-0.39, 0.29) is 5.92 Å². The van der Waals surface area contributed by atoms with Crippen molar-refractivity contribution in [1.29, 1.82) is 0 Å². The van der Waals surface area contributed by atoms with Crippen LogP contribution >= 0.6 is 0 Å². The van der Waals surface area contributed by atoms with Gasteiger partial charge in [0.25, 0.3) is 0 Å². The maximum absolute atomic E-state index is 10.3. The van der Waals surface area contributed by atoms with Crippen molar-refractivity contribution in [2.24, 2.45) is 5.92 Å². The summed E-state index contributed by atoms with van der Waals surface area (Å²) in [6.07, 6.45) is 0. The van der Waals surface area contributed by atoms with E-state index in [1.54, 1.807) is 0 Å². The number of hydrogen-bond acceptors (Lipinski definition) is 4. The van der Waals surface area contributed by atoms with Crippen molar-refractivity contribution in [3.63, 3.8) is 0 Å².